The van der Waals surface area contributed by atoms with Gasteiger partial charge in [0.15, 0.2) is 0 Å². The lowest BCUT2D eigenvalue weighted by molar-refractivity contribution is -0.137. The highest BCUT2D eigenvalue weighted by molar-refractivity contribution is 5.94. The van der Waals surface area contributed by atoms with Crippen LogP contribution >= 0.6 is 0 Å². The third-order valence-electron chi connectivity index (χ3n) is 4.76. The van der Waals surface area contributed by atoms with E-state index in [1.54, 1.807) is 9.58 Å². The molecule has 0 spiro atoms. The lowest BCUT2D eigenvalue weighted by Gasteiger charge is -2.34. The van der Waals surface area contributed by atoms with Crippen molar-refractivity contribution in [3.8, 4) is 5.69 Å². The van der Waals surface area contributed by atoms with Crippen molar-refractivity contribution in [3.63, 3.8) is 0 Å². The van der Waals surface area contributed by atoms with Crippen LogP contribution in [0.1, 0.15) is 15.9 Å². The standard InChI is InChI=1S/C19H17F3N6O/c20-19(21,22)15-8-6-14(7-9-15)17(29)26-10-12-27(13-11-26)18-23-24-25-28(18)16-4-2-1-3-5-16/h1-9H,10-13H2. The largest absolute Gasteiger partial charge is 0.416 e. The zero-order valence-corrected chi connectivity index (χ0v) is 15.3. The molecule has 0 unspecified atom stereocenters. The minimum absolute atomic E-state index is 0.237. The number of anilines is 1. The fraction of sp³-hybridized carbons (Fsp3) is 0.263. The zero-order chi connectivity index (χ0) is 20.4. The topological polar surface area (TPSA) is 67.2 Å². The molecule has 0 aliphatic carbocycles. The highest BCUT2D eigenvalue weighted by atomic mass is 19.4. The molecule has 1 saturated heterocycles. The molecule has 7 nitrogen and oxygen atoms in total. The van der Waals surface area contributed by atoms with Crippen LogP contribution < -0.4 is 4.90 Å². The second-order valence-electron chi connectivity index (χ2n) is 6.58. The Balaban J connectivity index is 1.43. The summed E-state index contributed by atoms with van der Waals surface area (Å²) >= 11 is 0. The molecule has 29 heavy (non-hydrogen) atoms. The predicted octanol–water partition coefficient (Wildman–Crippen LogP) is 2.64. The van der Waals surface area contributed by atoms with E-state index in [0.29, 0.717) is 32.1 Å². The van der Waals surface area contributed by atoms with E-state index in [1.165, 1.54) is 12.1 Å². The Kier molecular flexibility index (Phi) is 4.91. The smallest absolute Gasteiger partial charge is 0.336 e. The van der Waals surface area contributed by atoms with Crippen LogP contribution in [0.15, 0.2) is 54.6 Å². The van der Waals surface area contributed by atoms with Gasteiger partial charge in [0.05, 0.1) is 11.3 Å². The maximum atomic E-state index is 12.7. The van der Waals surface area contributed by atoms with Gasteiger partial charge >= 0.3 is 6.18 Å². The molecule has 2 aromatic carbocycles. The summed E-state index contributed by atoms with van der Waals surface area (Å²) in [4.78, 5) is 16.2. The van der Waals surface area contributed by atoms with E-state index in [2.05, 4.69) is 15.5 Å². The molecule has 1 amide bonds. The Bertz CT molecular complexity index is 979. The van der Waals surface area contributed by atoms with Crippen molar-refractivity contribution in [2.24, 2.45) is 0 Å². The van der Waals surface area contributed by atoms with Crippen LogP contribution in [-0.2, 0) is 6.18 Å². The van der Waals surface area contributed by atoms with Crippen LogP contribution in [0.4, 0.5) is 19.1 Å². The van der Waals surface area contributed by atoms with Crippen LogP contribution in [0.3, 0.4) is 0 Å². The van der Waals surface area contributed by atoms with E-state index in [1.807, 2.05) is 35.2 Å². The molecule has 1 aromatic heterocycles. The Labute approximate surface area is 164 Å². The number of nitrogens with zero attached hydrogens (tertiary/aromatic N) is 6. The molecule has 0 N–H and O–H groups in total. The Hall–Kier alpha value is -3.43. The van der Waals surface area contributed by atoms with Crippen LogP contribution in [0.25, 0.3) is 5.69 Å². The lowest BCUT2D eigenvalue weighted by Crippen LogP contribution is -2.49. The van der Waals surface area contributed by atoms with E-state index in [4.69, 9.17) is 0 Å². The predicted molar refractivity (Wildman–Crippen MR) is 98.7 cm³/mol. The maximum Gasteiger partial charge on any atom is 0.416 e. The van der Waals surface area contributed by atoms with Gasteiger partial charge in [0.1, 0.15) is 0 Å². The fourth-order valence-corrected chi connectivity index (χ4v) is 3.21. The first kappa shape index (κ1) is 18.9. The number of piperazine rings is 1. The van der Waals surface area contributed by atoms with Crippen molar-refractivity contribution in [2.45, 2.75) is 6.18 Å². The first-order valence-corrected chi connectivity index (χ1v) is 8.99. The van der Waals surface area contributed by atoms with E-state index in [-0.39, 0.29) is 11.5 Å². The van der Waals surface area contributed by atoms with Gasteiger partial charge in [-0.05, 0) is 46.8 Å². The molecular weight excluding hydrogens is 385 g/mol. The van der Waals surface area contributed by atoms with E-state index < -0.39 is 11.7 Å². The molecule has 2 heterocycles. The number of hydrogen-bond acceptors (Lipinski definition) is 5. The second-order valence-corrected chi connectivity index (χ2v) is 6.58. The molecule has 4 rings (SSSR count). The van der Waals surface area contributed by atoms with Crippen LogP contribution in [0, 0.1) is 0 Å². The van der Waals surface area contributed by atoms with Gasteiger partial charge in [-0.2, -0.15) is 17.9 Å². The summed E-state index contributed by atoms with van der Waals surface area (Å²) in [7, 11) is 0. The Morgan fingerprint density at radius 2 is 1.55 bits per heavy atom. The Morgan fingerprint density at radius 1 is 0.897 bits per heavy atom. The zero-order valence-electron chi connectivity index (χ0n) is 15.3. The average molecular weight is 402 g/mol. The van der Waals surface area contributed by atoms with Gasteiger partial charge in [-0.15, -0.1) is 0 Å². The van der Waals surface area contributed by atoms with Gasteiger partial charge in [-0.1, -0.05) is 23.3 Å². The number of carbonyl (C=O) groups excluding carboxylic acids is 1. The molecule has 0 bridgehead atoms. The van der Waals surface area contributed by atoms with Gasteiger partial charge in [0, 0.05) is 31.7 Å². The maximum absolute atomic E-state index is 12.7. The lowest BCUT2D eigenvalue weighted by atomic mass is 10.1. The quantitative estimate of drug-likeness (QED) is 0.674. The fourth-order valence-electron chi connectivity index (χ4n) is 3.21. The molecule has 0 atom stereocenters. The summed E-state index contributed by atoms with van der Waals surface area (Å²) in [5, 5.41) is 11.9. The third kappa shape index (κ3) is 3.91. The number of rotatable bonds is 3. The molecular formula is C19H17F3N6O. The molecule has 150 valence electrons. The highest BCUT2D eigenvalue weighted by Crippen LogP contribution is 2.29. The molecule has 1 aliphatic rings. The van der Waals surface area contributed by atoms with E-state index in [9.17, 15) is 18.0 Å². The summed E-state index contributed by atoms with van der Waals surface area (Å²) < 4.78 is 39.7. The highest BCUT2D eigenvalue weighted by Gasteiger charge is 2.31. The molecule has 0 radical (unpaired) electrons. The molecule has 1 fully saturated rings. The van der Waals surface area contributed by atoms with Gasteiger partial charge in [0.25, 0.3) is 5.91 Å². The summed E-state index contributed by atoms with van der Waals surface area (Å²) in [5.41, 5.74) is 0.294. The van der Waals surface area contributed by atoms with E-state index in [0.717, 1.165) is 17.8 Å². The monoisotopic (exact) mass is 402 g/mol. The van der Waals surface area contributed by atoms with Crippen molar-refractivity contribution in [1.29, 1.82) is 0 Å². The van der Waals surface area contributed by atoms with Gasteiger partial charge in [-0.3, -0.25) is 4.79 Å². The first-order valence-electron chi connectivity index (χ1n) is 8.99. The van der Waals surface area contributed by atoms with Gasteiger partial charge < -0.3 is 9.80 Å². The number of carbonyl (C=O) groups is 1. The third-order valence-corrected chi connectivity index (χ3v) is 4.76. The number of amides is 1. The number of alkyl halides is 3. The summed E-state index contributed by atoms with van der Waals surface area (Å²) in [6, 6.07) is 13.8. The van der Waals surface area contributed by atoms with Crippen LogP contribution in [0.5, 0.6) is 0 Å². The van der Waals surface area contributed by atoms with Crippen LogP contribution in [-0.4, -0.2) is 57.2 Å². The van der Waals surface area contributed by atoms with Gasteiger partial charge in [0.2, 0.25) is 5.95 Å². The molecule has 3 aromatic rings. The van der Waals surface area contributed by atoms with Crippen LogP contribution in [0.2, 0.25) is 0 Å². The minimum Gasteiger partial charge on any atom is -0.336 e. The van der Waals surface area contributed by atoms with Crippen molar-refractivity contribution in [1.82, 2.24) is 25.1 Å². The number of para-hydroxylation sites is 1. The second kappa shape index (κ2) is 7.53. The number of benzene rings is 2. The normalized spacial score (nSPS) is 14.9. The number of hydrogen-bond donors (Lipinski definition) is 0. The summed E-state index contributed by atoms with van der Waals surface area (Å²) in [5.74, 6) is 0.291. The van der Waals surface area contributed by atoms with Crippen molar-refractivity contribution >= 4 is 11.9 Å². The minimum atomic E-state index is -4.42. The number of aromatic nitrogens is 4. The molecule has 1 aliphatic heterocycles. The van der Waals surface area contributed by atoms with Crippen molar-refractivity contribution in [3.05, 3.63) is 65.7 Å². The summed E-state index contributed by atoms with van der Waals surface area (Å²) in [6.07, 6.45) is -4.42. The molecule has 10 heteroatoms. The van der Waals surface area contributed by atoms with Gasteiger partial charge in [-0.25, -0.2) is 0 Å². The van der Waals surface area contributed by atoms with Crippen molar-refractivity contribution < 1.29 is 18.0 Å². The SMILES string of the molecule is O=C(c1ccc(C(F)(F)F)cc1)N1CCN(c2nnnn2-c2ccccc2)CC1. The number of halogens is 3. The van der Waals surface area contributed by atoms with E-state index >= 15 is 0 Å². The number of tetrazole rings is 1. The Morgan fingerprint density at radius 3 is 2.17 bits per heavy atom. The first-order chi connectivity index (χ1) is 13.9. The average Bonchev–Trinajstić information content (AvgIpc) is 3.23. The van der Waals surface area contributed by atoms with Crippen molar-refractivity contribution in [2.75, 3.05) is 31.1 Å². The molecule has 0 saturated carbocycles. The summed E-state index contributed by atoms with van der Waals surface area (Å²) in [6.45, 7) is 1.86.